The van der Waals surface area contributed by atoms with Crippen molar-refractivity contribution in [3.63, 3.8) is 0 Å². The van der Waals surface area contributed by atoms with Crippen LogP contribution in [0.5, 0.6) is 5.75 Å². The fraction of sp³-hybridized carbons (Fsp3) is 0.333. The number of hydrogen-bond acceptors (Lipinski definition) is 4. The molecule has 0 atom stereocenters. The average Bonchev–Trinajstić information content (AvgIpc) is 2.99. The van der Waals surface area contributed by atoms with Gasteiger partial charge < -0.3 is 14.0 Å². The minimum Gasteiger partial charge on any atom is -0.484 e. The number of rotatable bonds is 7. The van der Waals surface area contributed by atoms with E-state index in [0.717, 1.165) is 10.2 Å². The van der Waals surface area contributed by atoms with Crippen LogP contribution in [-0.4, -0.2) is 30.3 Å². The first kappa shape index (κ1) is 19.3. The van der Waals surface area contributed by atoms with Crippen molar-refractivity contribution in [2.75, 3.05) is 19.8 Å². The second-order valence-corrected chi connectivity index (χ2v) is 7.25. The maximum absolute atomic E-state index is 12.4. The van der Waals surface area contributed by atoms with Gasteiger partial charge in [0.05, 0.1) is 16.8 Å². The monoisotopic (exact) mass is 384 g/mol. The number of nitrogens with zero attached hydrogens (tertiary/aromatic N) is 2. The van der Waals surface area contributed by atoms with Gasteiger partial charge in [-0.1, -0.05) is 35.6 Å². The van der Waals surface area contributed by atoms with Gasteiger partial charge in [-0.15, -0.1) is 0 Å². The van der Waals surface area contributed by atoms with E-state index in [2.05, 4.69) is 35.5 Å². The maximum atomic E-state index is 12.4. The molecule has 3 aromatic rings. The van der Waals surface area contributed by atoms with Gasteiger partial charge in [0, 0.05) is 13.2 Å². The number of ether oxygens (including phenoxy) is 2. The first-order chi connectivity index (χ1) is 13.1. The predicted molar refractivity (Wildman–Crippen MR) is 108 cm³/mol. The van der Waals surface area contributed by atoms with Crippen molar-refractivity contribution in [2.24, 2.45) is 4.99 Å². The number of amides is 1. The summed E-state index contributed by atoms with van der Waals surface area (Å²) in [5, 5.41) is 0. The molecule has 0 aliphatic rings. The predicted octanol–water partition coefficient (Wildman–Crippen LogP) is 3.86. The van der Waals surface area contributed by atoms with Crippen molar-refractivity contribution in [3.05, 3.63) is 58.4 Å². The van der Waals surface area contributed by atoms with Crippen LogP contribution in [0.4, 0.5) is 0 Å². The van der Waals surface area contributed by atoms with E-state index in [1.165, 1.54) is 22.5 Å². The Balaban J connectivity index is 1.91. The third-order valence-electron chi connectivity index (χ3n) is 4.10. The van der Waals surface area contributed by atoms with E-state index in [4.69, 9.17) is 9.47 Å². The third-order valence-corrected chi connectivity index (χ3v) is 5.33. The highest BCUT2D eigenvalue weighted by Gasteiger charge is 2.11. The minimum atomic E-state index is -0.301. The van der Waals surface area contributed by atoms with Gasteiger partial charge in [-0.3, -0.25) is 4.79 Å². The second kappa shape index (κ2) is 8.97. The Hall–Kier alpha value is -2.44. The molecule has 1 aromatic heterocycles. The molecule has 1 amide bonds. The maximum Gasteiger partial charge on any atom is 0.286 e. The number of fused-ring (bicyclic) bond motifs is 1. The third kappa shape index (κ3) is 4.84. The summed E-state index contributed by atoms with van der Waals surface area (Å²) in [7, 11) is 0. The molecular formula is C21H24N2O3S. The SMILES string of the molecule is CCOCCn1c(=NC(=O)COc2ccccc2)sc2c(C)cc(C)cc21. The zero-order valence-electron chi connectivity index (χ0n) is 15.9. The number of hydrogen-bond donors (Lipinski definition) is 0. The molecule has 0 unspecified atom stereocenters. The van der Waals surface area contributed by atoms with E-state index >= 15 is 0 Å². The standard InChI is InChI=1S/C21H24N2O3S/c1-4-25-11-10-23-18-13-15(2)12-16(3)20(18)27-21(23)22-19(24)14-26-17-8-6-5-7-9-17/h5-9,12-13H,4,10-11,14H2,1-3H3. The smallest absolute Gasteiger partial charge is 0.286 e. The average molecular weight is 385 g/mol. The number of thiazole rings is 1. The molecule has 0 N–H and O–H groups in total. The summed E-state index contributed by atoms with van der Waals surface area (Å²) in [5.74, 6) is 0.359. The quantitative estimate of drug-likeness (QED) is 0.581. The Kier molecular flexibility index (Phi) is 6.42. The normalized spacial score (nSPS) is 11.9. The van der Waals surface area contributed by atoms with E-state index in [9.17, 15) is 4.79 Å². The van der Waals surface area contributed by atoms with Gasteiger partial charge in [0.15, 0.2) is 11.4 Å². The molecule has 0 fully saturated rings. The van der Waals surface area contributed by atoms with Crippen molar-refractivity contribution < 1.29 is 14.3 Å². The van der Waals surface area contributed by atoms with Gasteiger partial charge in [0.25, 0.3) is 5.91 Å². The van der Waals surface area contributed by atoms with E-state index in [1.807, 2.05) is 37.3 Å². The molecule has 6 heteroatoms. The molecule has 142 valence electrons. The Labute approximate surface area is 162 Å². The van der Waals surface area contributed by atoms with Crippen LogP contribution < -0.4 is 9.54 Å². The van der Waals surface area contributed by atoms with E-state index < -0.39 is 0 Å². The van der Waals surface area contributed by atoms with Gasteiger partial charge >= 0.3 is 0 Å². The summed E-state index contributed by atoms with van der Waals surface area (Å²) >= 11 is 1.53. The van der Waals surface area contributed by atoms with Crippen LogP contribution in [0.2, 0.25) is 0 Å². The van der Waals surface area contributed by atoms with Gasteiger partial charge in [0.2, 0.25) is 0 Å². The fourth-order valence-electron chi connectivity index (χ4n) is 2.91. The van der Waals surface area contributed by atoms with Crippen LogP contribution in [0.3, 0.4) is 0 Å². The zero-order valence-corrected chi connectivity index (χ0v) is 16.7. The molecule has 3 rings (SSSR count). The number of benzene rings is 2. The van der Waals surface area contributed by atoms with Gasteiger partial charge in [-0.05, 0) is 50.1 Å². The van der Waals surface area contributed by atoms with Crippen LogP contribution in [0.25, 0.3) is 10.2 Å². The van der Waals surface area contributed by atoms with Crippen LogP contribution >= 0.6 is 11.3 Å². The van der Waals surface area contributed by atoms with Gasteiger partial charge in [-0.25, -0.2) is 0 Å². The molecule has 0 spiro atoms. The topological polar surface area (TPSA) is 52.8 Å². The van der Waals surface area contributed by atoms with Crippen LogP contribution in [-0.2, 0) is 16.1 Å². The molecular weight excluding hydrogens is 360 g/mol. The first-order valence-corrected chi connectivity index (χ1v) is 9.84. The number of aromatic nitrogens is 1. The van der Waals surface area contributed by atoms with Crippen molar-refractivity contribution in [1.82, 2.24) is 4.57 Å². The van der Waals surface area contributed by atoms with Crippen molar-refractivity contribution in [3.8, 4) is 5.75 Å². The largest absolute Gasteiger partial charge is 0.484 e. The van der Waals surface area contributed by atoms with Crippen LogP contribution in [0, 0.1) is 13.8 Å². The summed E-state index contributed by atoms with van der Waals surface area (Å²) in [5.41, 5.74) is 3.47. The highest BCUT2D eigenvalue weighted by Crippen LogP contribution is 2.23. The number of carbonyl (C=O) groups excluding carboxylic acids is 1. The summed E-state index contributed by atoms with van der Waals surface area (Å²) in [4.78, 5) is 17.4. The molecule has 0 aliphatic carbocycles. The zero-order chi connectivity index (χ0) is 19.2. The van der Waals surface area contributed by atoms with E-state index in [1.54, 1.807) is 0 Å². The van der Waals surface area contributed by atoms with Crippen molar-refractivity contribution >= 4 is 27.5 Å². The Bertz CT molecular complexity index is 990. The Morgan fingerprint density at radius 1 is 1.19 bits per heavy atom. The number of para-hydroxylation sites is 1. The first-order valence-electron chi connectivity index (χ1n) is 9.02. The molecule has 0 saturated carbocycles. The summed E-state index contributed by atoms with van der Waals surface area (Å²) in [6, 6.07) is 13.6. The summed E-state index contributed by atoms with van der Waals surface area (Å²) < 4.78 is 14.2. The molecule has 0 saturated heterocycles. The number of aryl methyl sites for hydroxylation is 2. The molecule has 0 radical (unpaired) electrons. The Morgan fingerprint density at radius 3 is 2.70 bits per heavy atom. The van der Waals surface area contributed by atoms with E-state index in [0.29, 0.717) is 30.3 Å². The molecule has 1 heterocycles. The highest BCUT2D eigenvalue weighted by atomic mass is 32.1. The lowest BCUT2D eigenvalue weighted by atomic mass is 10.1. The van der Waals surface area contributed by atoms with Gasteiger partial charge in [0.1, 0.15) is 5.75 Å². The second-order valence-electron chi connectivity index (χ2n) is 6.27. The van der Waals surface area contributed by atoms with Gasteiger partial charge in [-0.2, -0.15) is 4.99 Å². The molecule has 0 bridgehead atoms. The fourth-order valence-corrected chi connectivity index (χ4v) is 4.04. The van der Waals surface area contributed by atoms with Crippen LogP contribution in [0.1, 0.15) is 18.1 Å². The highest BCUT2D eigenvalue weighted by molar-refractivity contribution is 7.16. The lowest BCUT2D eigenvalue weighted by molar-refractivity contribution is -0.120. The lowest BCUT2D eigenvalue weighted by Gasteiger charge is -2.07. The Morgan fingerprint density at radius 2 is 1.96 bits per heavy atom. The number of carbonyl (C=O) groups is 1. The molecule has 5 nitrogen and oxygen atoms in total. The van der Waals surface area contributed by atoms with E-state index in [-0.39, 0.29) is 12.5 Å². The summed E-state index contributed by atoms with van der Waals surface area (Å²) in [6.07, 6.45) is 0. The molecule has 2 aromatic carbocycles. The van der Waals surface area contributed by atoms with Crippen LogP contribution in [0.15, 0.2) is 47.5 Å². The minimum absolute atomic E-state index is 0.0816. The lowest BCUT2D eigenvalue weighted by Crippen LogP contribution is -2.21. The van der Waals surface area contributed by atoms with Crippen molar-refractivity contribution in [1.29, 1.82) is 0 Å². The molecule has 27 heavy (non-hydrogen) atoms. The van der Waals surface area contributed by atoms with Crippen molar-refractivity contribution in [2.45, 2.75) is 27.3 Å². The summed E-state index contributed by atoms with van der Waals surface area (Å²) in [6.45, 7) is 7.95. The molecule has 0 aliphatic heterocycles.